The van der Waals surface area contributed by atoms with Crippen LogP contribution in [-0.4, -0.2) is 29.6 Å². The molecule has 2 heteroatoms. The fourth-order valence-corrected chi connectivity index (χ4v) is 0.999. The lowest BCUT2D eigenvalue weighted by Gasteiger charge is -2.24. The molecule has 51 valence electrons. The summed E-state index contributed by atoms with van der Waals surface area (Å²) in [5.41, 5.74) is 0. The van der Waals surface area contributed by atoms with Crippen LogP contribution in [-0.2, 0) is 0 Å². The predicted molar refractivity (Wildman–Crippen MR) is 37.9 cm³/mol. The largest absolute Gasteiger partial charge is 0.329 e. The maximum Gasteiger partial charge on any atom is 0.158 e. The van der Waals surface area contributed by atoms with Gasteiger partial charge >= 0.3 is 0 Å². The van der Waals surface area contributed by atoms with Gasteiger partial charge in [-0.2, -0.15) is 0 Å². The van der Waals surface area contributed by atoms with Crippen molar-refractivity contribution in [1.29, 1.82) is 0 Å². The Labute approximate surface area is 57.0 Å². The molecule has 9 heavy (non-hydrogen) atoms. The average Bonchev–Trinajstić information content (AvgIpc) is 2.13. The Balaban J connectivity index is 2.57. The highest BCUT2D eigenvalue weighted by Gasteiger charge is 2.22. The van der Waals surface area contributed by atoms with Crippen LogP contribution in [0.2, 0.25) is 0 Å². The Morgan fingerprint density at radius 2 is 2.44 bits per heavy atom. The Kier molecular flexibility index (Phi) is 1.49. The zero-order valence-corrected chi connectivity index (χ0v) is 6.17. The molecule has 0 saturated carbocycles. The van der Waals surface area contributed by atoms with Gasteiger partial charge in [0.25, 0.3) is 0 Å². The van der Waals surface area contributed by atoms with Gasteiger partial charge in [-0.05, 0) is 6.92 Å². The lowest BCUT2D eigenvalue weighted by atomic mass is 10.5. The van der Waals surface area contributed by atoms with Crippen LogP contribution < -0.4 is 0 Å². The first-order valence-electron chi connectivity index (χ1n) is 3.27. The molecule has 1 heterocycles. The van der Waals surface area contributed by atoms with Crippen molar-refractivity contribution in [3.8, 4) is 0 Å². The van der Waals surface area contributed by atoms with E-state index in [1.807, 2.05) is 0 Å². The Morgan fingerprint density at radius 1 is 1.78 bits per heavy atom. The van der Waals surface area contributed by atoms with Gasteiger partial charge in [-0.3, -0.25) is 4.48 Å². The normalized spacial score (nSPS) is 33.9. The van der Waals surface area contributed by atoms with Crippen LogP contribution in [0.5, 0.6) is 0 Å². The van der Waals surface area contributed by atoms with Crippen molar-refractivity contribution < 1.29 is 4.48 Å². The van der Waals surface area contributed by atoms with Crippen LogP contribution in [0.1, 0.15) is 6.92 Å². The molecule has 1 unspecified atom stereocenters. The van der Waals surface area contributed by atoms with E-state index in [9.17, 15) is 0 Å². The van der Waals surface area contributed by atoms with Gasteiger partial charge in [0.05, 0.1) is 12.7 Å². The third-order valence-electron chi connectivity index (χ3n) is 1.77. The van der Waals surface area contributed by atoms with E-state index < -0.39 is 0 Å². The monoisotopic (exact) mass is 126 g/mol. The highest BCUT2D eigenvalue weighted by molar-refractivity contribution is 4.78. The minimum atomic E-state index is 0.802. The van der Waals surface area contributed by atoms with Gasteiger partial charge in [-0.25, -0.2) is 0 Å². The van der Waals surface area contributed by atoms with Crippen LogP contribution in [0.25, 0.3) is 0 Å². The topological polar surface area (TPSA) is 3.24 Å². The summed E-state index contributed by atoms with van der Waals surface area (Å²) in [6.07, 6.45) is 4.20. The minimum absolute atomic E-state index is 0.802. The average molecular weight is 126 g/mol. The van der Waals surface area contributed by atoms with Crippen molar-refractivity contribution in [1.82, 2.24) is 4.90 Å². The zero-order valence-electron chi connectivity index (χ0n) is 6.17. The lowest BCUT2D eigenvalue weighted by Crippen LogP contribution is -2.37. The molecule has 0 aliphatic carbocycles. The highest BCUT2D eigenvalue weighted by Crippen LogP contribution is 2.13. The third-order valence-corrected chi connectivity index (χ3v) is 1.77. The molecule has 0 fully saturated rings. The van der Waals surface area contributed by atoms with E-state index in [2.05, 4.69) is 38.3 Å². The number of nitrogens with zero attached hydrogens (tertiary/aromatic N) is 2. The number of rotatable bonds is 1. The fourth-order valence-electron chi connectivity index (χ4n) is 0.999. The summed E-state index contributed by atoms with van der Waals surface area (Å²) in [4.78, 5) is 2.15. The second-order valence-corrected chi connectivity index (χ2v) is 2.73. The first-order valence-corrected chi connectivity index (χ1v) is 3.27. The summed E-state index contributed by atoms with van der Waals surface area (Å²) in [5.74, 6) is 0. The molecule has 0 bridgehead atoms. The predicted octanol–water partition coefficient (Wildman–Crippen LogP) is 0.989. The molecule has 1 aliphatic heterocycles. The molecule has 0 aromatic carbocycles. The van der Waals surface area contributed by atoms with E-state index in [0.29, 0.717) is 0 Å². The van der Waals surface area contributed by atoms with Crippen LogP contribution in [0.4, 0.5) is 0 Å². The van der Waals surface area contributed by atoms with Gasteiger partial charge in [0.2, 0.25) is 0 Å². The molecule has 0 spiro atoms. The van der Waals surface area contributed by atoms with Crippen molar-refractivity contribution in [3.63, 3.8) is 0 Å². The summed E-state index contributed by atoms with van der Waals surface area (Å²) in [6.45, 7) is 4.23. The van der Waals surface area contributed by atoms with E-state index in [1.54, 1.807) is 0 Å². The first kappa shape index (κ1) is 6.62. The molecule has 1 rings (SSSR count). The van der Waals surface area contributed by atoms with E-state index in [1.165, 1.54) is 0 Å². The number of hydrogen-bond donors (Lipinski definition) is 0. The van der Waals surface area contributed by atoms with Crippen LogP contribution in [0, 0.1) is 7.05 Å². The van der Waals surface area contributed by atoms with Crippen molar-refractivity contribution in [2.45, 2.75) is 6.92 Å². The van der Waals surface area contributed by atoms with Crippen LogP contribution in [0.15, 0.2) is 12.4 Å². The molecule has 0 aromatic heterocycles. The van der Waals surface area contributed by atoms with Gasteiger partial charge in [-0.1, -0.05) is 0 Å². The van der Waals surface area contributed by atoms with E-state index >= 15 is 0 Å². The summed E-state index contributed by atoms with van der Waals surface area (Å²) in [7, 11) is 6.11. The zero-order chi connectivity index (χ0) is 6.91. The third kappa shape index (κ3) is 1.24. The maximum atomic E-state index is 4.05. The van der Waals surface area contributed by atoms with Gasteiger partial charge in [0.1, 0.15) is 13.2 Å². The van der Waals surface area contributed by atoms with Gasteiger partial charge in [0.15, 0.2) is 6.67 Å². The van der Waals surface area contributed by atoms with Gasteiger partial charge in [-0.15, -0.1) is 0 Å². The Bertz CT molecular complexity index is 131. The van der Waals surface area contributed by atoms with E-state index in [0.717, 1.165) is 17.7 Å². The molecular formula is C7H14N2+. The van der Waals surface area contributed by atoms with Crippen molar-refractivity contribution >= 4 is 0 Å². The molecule has 2 nitrogen and oxygen atoms in total. The summed E-state index contributed by atoms with van der Waals surface area (Å²) in [6, 6.07) is 0. The lowest BCUT2D eigenvalue weighted by molar-refractivity contribution is -0.834. The van der Waals surface area contributed by atoms with Crippen molar-refractivity contribution in [2.75, 3.05) is 20.3 Å². The number of hydrogen-bond acceptors (Lipinski definition) is 1. The molecule has 1 aliphatic rings. The van der Waals surface area contributed by atoms with E-state index in [4.69, 9.17) is 0 Å². The fraction of sp³-hybridized carbons (Fsp3) is 0.571. The van der Waals surface area contributed by atoms with Crippen LogP contribution >= 0.6 is 0 Å². The Hall–Kier alpha value is -0.500. The summed E-state index contributed by atoms with van der Waals surface area (Å²) >= 11 is 0. The molecule has 0 N–H and O–H groups in total. The smallest absolute Gasteiger partial charge is 0.158 e. The SMILES string of the molecule is [CH2][N+]1(CC)C=CN(C)C1. The summed E-state index contributed by atoms with van der Waals surface area (Å²) < 4.78 is 0.802. The maximum absolute atomic E-state index is 4.05. The molecule has 0 aromatic rings. The first-order chi connectivity index (χ1) is 4.16. The molecule has 0 saturated heterocycles. The van der Waals surface area contributed by atoms with Crippen LogP contribution in [0.3, 0.4) is 0 Å². The Morgan fingerprint density at radius 3 is 2.67 bits per heavy atom. The summed E-state index contributed by atoms with van der Waals surface area (Å²) in [5, 5.41) is 0. The van der Waals surface area contributed by atoms with Gasteiger partial charge < -0.3 is 4.90 Å². The minimum Gasteiger partial charge on any atom is -0.329 e. The molecule has 1 radical (unpaired) electrons. The van der Waals surface area contributed by atoms with Gasteiger partial charge in [0, 0.05) is 7.05 Å². The molecular weight excluding hydrogens is 112 g/mol. The standard InChI is InChI=1S/C7H14N2/c1-4-9(3)6-5-8(2)7-9/h5-6H,3-4,7H2,1-2H3/q+1. The second-order valence-electron chi connectivity index (χ2n) is 2.73. The van der Waals surface area contributed by atoms with E-state index in [-0.39, 0.29) is 0 Å². The highest BCUT2D eigenvalue weighted by atomic mass is 15.4. The van der Waals surface area contributed by atoms with Crippen molar-refractivity contribution in [3.05, 3.63) is 19.4 Å². The molecule has 1 atom stereocenters. The quantitative estimate of drug-likeness (QED) is 0.473. The van der Waals surface area contributed by atoms with Crippen molar-refractivity contribution in [2.24, 2.45) is 0 Å². The molecule has 0 amide bonds. The number of quaternary nitrogens is 1. The second kappa shape index (κ2) is 2.03.